The van der Waals surface area contributed by atoms with Crippen molar-refractivity contribution in [2.45, 2.75) is 19.8 Å². The van der Waals surface area contributed by atoms with Crippen molar-refractivity contribution in [1.29, 1.82) is 0 Å². The lowest BCUT2D eigenvalue weighted by Gasteiger charge is -2.05. The summed E-state index contributed by atoms with van der Waals surface area (Å²) in [5.74, 6) is 0.341. The molecule has 2 heterocycles. The number of halogens is 2. The molecule has 0 amide bonds. The Balaban J connectivity index is 2.48. The Hall–Kier alpha value is -1.36. The van der Waals surface area contributed by atoms with Crippen molar-refractivity contribution in [3.8, 4) is 11.3 Å². The average molecular weight is 296 g/mol. The van der Waals surface area contributed by atoms with Gasteiger partial charge in [0.15, 0.2) is 5.82 Å². The highest BCUT2D eigenvalue weighted by Gasteiger charge is 2.09. The van der Waals surface area contributed by atoms with Gasteiger partial charge in [-0.3, -0.25) is 4.98 Å². The van der Waals surface area contributed by atoms with Crippen molar-refractivity contribution < 1.29 is 4.39 Å². The molecule has 0 fully saturated rings. The number of aryl methyl sites for hydroxylation is 1. The normalized spacial score (nSPS) is 10.5. The molecular formula is C12H11BrFN3. The van der Waals surface area contributed by atoms with E-state index >= 15 is 0 Å². The number of nitrogens with zero attached hydrogens (tertiary/aromatic N) is 3. The molecule has 0 saturated heterocycles. The van der Waals surface area contributed by atoms with Crippen LogP contribution in [0.2, 0.25) is 0 Å². The third kappa shape index (κ3) is 2.85. The molecule has 0 unspecified atom stereocenters. The molecule has 0 atom stereocenters. The lowest BCUT2D eigenvalue weighted by atomic mass is 10.2. The third-order valence-electron chi connectivity index (χ3n) is 2.26. The molecule has 0 spiro atoms. The summed E-state index contributed by atoms with van der Waals surface area (Å²) in [5.41, 5.74) is 1.02. The highest BCUT2D eigenvalue weighted by atomic mass is 79.9. The smallest absolute Gasteiger partial charge is 0.150 e. The van der Waals surface area contributed by atoms with E-state index in [0.29, 0.717) is 21.7 Å². The van der Waals surface area contributed by atoms with Crippen LogP contribution in [0.4, 0.5) is 4.39 Å². The van der Waals surface area contributed by atoms with Crippen molar-refractivity contribution in [3.63, 3.8) is 0 Å². The second-order valence-corrected chi connectivity index (χ2v) is 4.41. The predicted octanol–water partition coefficient (Wildman–Crippen LogP) is 3.39. The zero-order valence-electron chi connectivity index (χ0n) is 9.32. The molecular weight excluding hydrogens is 285 g/mol. The molecule has 0 N–H and O–H groups in total. The maximum Gasteiger partial charge on any atom is 0.150 e. The Morgan fingerprint density at radius 3 is 2.88 bits per heavy atom. The van der Waals surface area contributed by atoms with Gasteiger partial charge in [0.05, 0.1) is 11.9 Å². The lowest BCUT2D eigenvalue weighted by Crippen LogP contribution is -1.98. The molecule has 17 heavy (non-hydrogen) atoms. The standard InChI is InChI=1S/C12H11BrFN3/c1-2-3-12-16-10(6-11(13)17-12)8-4-5-15-7-9(8)14/h4-7H,2-3H2,1H3. The topological polar surface area (TPSA) is 38.7 Å². The Bertz CT molecular complexity index is 531. The first-order valence-electron chi connectivity index (χ1n) is 5.34. The second-order valence-electron chi connectivity index (χ2n) is 3.60. The Kier molecular flexibility index (Phi) is 3.78. The molecule has 0 aliphatic rings. The SMILES string of the molecule is CCCc1nc(Br)cc(-c2ccncc2F)n1. The van der Waals surface area contributed by atoms with Crippen LogP contribution in [-0.2, 0) is 6.42 Å². The van der Waals surface area contributed by atoms with Crippen LogP contribution in [0.3, 0.4) is 0 Å². The van der Waals surface area contributed by atoms with Gasteiger partial charge in [0.2, 0.25) is 0 Å². The van der Waals surface area contributed by atoms with E-state index < -0.39 is 0 Å². The number of pyridine rings is 1. The minimum atomic E-state index is -0.374. The summed E-state index contributed by atoms with van der Waals surface area (Å²) in [6.07, 6.45) is 4.46. The first-order valence-corrected chi connectivity index (χ1v) is 6.13. The van der Waals surface area contributed by atoms with E-state index in [-0.39, 0.29) is 5.82 Å². The molecule has 5 heteroatoms. The Labute approximate surface area is 107 Å². The zero-order chi connectivity index (χ0) is 12.3. The van der Waals surface area contributed by atoms with Gasteiger partial charge in [0.1, 0.15) is 10.4 Å². The van der Waals surface area contributed by atoms with Crippen molar-refractivity contribution >= 4 is 15.9 Å². The predicted molar refractivity (Wildman–Crippen MR) is 66.9 cm³/mol. The summed E-state index contributed by atoms with van der Waals surface area (Å²) in [4.78, 5) is 12.3. The molecule has 0 saturated carbocycles. The van der Waals surface area contributed by atoms with E-state index in [2.05, 4.69) is 37.8 Å². The van der Waals surface area contributed by atoms with E-state index in [1.165, 1.54) is 6.20 Å². The van der Waals surface area contributed by atoms with Gasteiger partial charge >= 0.3 is 0 Å². The van der Waals surface area contributed by atoms with Crippen LogP contribution in [0, 0.1) is 5.82 Å². The molecule has 0 radical (unpaired) electrons. The fourth-order valence-corrected chi connectivity index (χ4v) is 1.94. The molecule has 2 aromatic heterocycles. The summed E-state index contributed by atoms with van der Waals surface area (Å²) in [6.45, 7) is 2.05. The van der Waals surface area contributed by atoms with Gasteiger partial charge in [-0.15, -0.1) is 0 Å². The minimum Gasteiger partial charge on any atom is -0.262 e. The summed E-state index contributed by atoms with van der Waals surface area (Å²) in [5, 5.41) is 0. The summed E-state index contributed by atoms with van der Waals surface area (Å²) >= 11 is 3.32. The van der Waals surface area contributed by atoms with Crippen LogP contribution in [0.15, 0.2) is 29.1 Å². The van der Waals surface area contributed by atoms with Gasteiger partial charge in [0.25, 0.3) is 0 Å². The van der Waals surface area contributed by atoms with E-state index in [9.17, 15) is 4.39 Å². The van der Waals surface area contributed by atoms with Crippen LogP contribution in [-0.4, -0.2) is 15.0 Å². The van der Waals surface area contributed by atoms with Gasteiger partial charge in [-0.1, -0.05) is 6.92 Å². The fourth-order valence-electron chi connectivity index (χ4n) is 1.52. The maximum atomic E-state index is 13.6. The average Bonchev–Trinajstić information content (AvgIpc) is 2.29. The highest BCUT2D eigenvalue weighted by Crippen LogP contribution is 2.22. The van der Waals surface area contributed by atoms with Crippen LogP contribution >= 0.6 is 15.9 Å². The number of aromatic nitrogens is 3. The largest absolute Gasteiger partial charge is 0.262 e. The monoisotopic (exact) mass is 295 g/mol. The van der Waals surface area contributed by atoms with Crippen molar-refractivity contribution in [3.05, 3.63) is 40.8 Å². The van der Waals surface area contributed by atoms with Crippen molar-refractivity contribution in [2.75, 3.05) is 0 Å². The van der Waals surface area contributed by atoms with Crippen LogP contribution < -0.4 is 0 Å². The fraction of sp³-hybridized carbons (Fsp3) is 0.250. The van der Waals surface area contributed by atoms with Crippen molar-refractivity contribution in [2.24, 2.45) is 0 Å². The molecule has 88 valence electrons. The van der Waals surface area contributed by atoms with Gasteiger partial charge in [-0.25, -0.2) is 14.4 Å². The van der Waals surface area contributed by atoms with Gasteiger partial charge in [-0.2, -0.15) is 0 Å². The summed E-state index contributed by atoms with van der Waals surface area (Å²) < 4.78 is 14.3. The lowest BCUT2D eigenvalue weighted by molar-refractivity contribution is 0.624. The van der Waals surface area contributed by atoms with Gasteiger partial charge < -0.3 is 0 Å². The molecule has 0 aromatic carbocycles. The van der Waals surface area contributed by atoms with Crippen LogP contribution in [0.1, 0.15) is 19.2 Å². The quantitative estimate of drug-likeness (QED) is 0.815. The number of hydrogen-bond donors (Lipinski definition) is 0. The molecule has 0 aliphatic carbocycles. The third-order valence-corrected chi connectivity index (χ3v) is 2.67. The van der Waals surface area contributed by atoms with Crippen LogP contribution in [0.5, 0.6) is 0 Å². The molecule has 0 aliphatic heterocycles. The van der Waals surface area contributed by atoms with E-state index in [1.807, 2.05) is 0 Å². The van der Waals surface area contributed by atoms with Crippen molar-refractivity contribution in [1.82, 2.24) is 15.0 Å². The second kappa shape index (κ2) is 5.31. The molecule has 2 rings (SSSR count). The number of hydrogen-bond acceptors (Lipinski definition) is 3. The molecule has 3 nitrogen and oxygen atoms in total. The van der Waals surface area contributed by atoms with Gasteiger partial charge in [-0.05, 0) is 34.5 Å². The van der Waals surface area contributed by atoms with E-state index in [1.54, 1.807) is 18.3 Å². The van der Waals surface area contributed by atoms with Crippen LogP contribution in [0.25, 0.3) is 11.3 Å². The first-order chi connectivity index (χ1) is 8.20. The highest BCUT2D eigenvalue weighted by molar-refractivity contribution is 9.10. The van der Waals surface area contributed by atoms with E-state index in [4.69, 9.17) is 0 Å². The minimum absolute atomic E-state index is 0.374. The van der Waals surface area contributed by atoms with E-state index in [0.717, 1.165) is 12.8 Å². The molecule has 0 bridgehead atoms. The Morgan fingerprint density at radius 2 is 2.18 bits per heavy atom. The maximum absolute atomic E-state index is 13.6. The molecule has 2 aromatic rings. The Morgan fingerprint density at radius 1 is 1.35 bits per heavy atom. The summed E-state index contributed by atoms with van der Waals surface area (Å²) in [6, 6.07) is 3.32. The van der Waals surface area contributed by atoms with Gasteiger partial charge in [0, 0.05) is 18.2 Å². The first kappa shape index (κ1) is 12.1. The summed E-state index contributed by atoms with van der Waals surface area (Å²) in [7, 11) is 0. The zero-order valence-corrected chi connectivity index (χ0v) is 10.9. The number of rotatable bonds is 3.